The number of rotatable bonds is 5. The van der Waals surface area contributed by atoms with Crippen LogP contribution in [0, 0.1) is 6.92 Å². The van der Waals surface area contributed by atoms with E-state index < -0.39 is 5.97 Å². The Labute approximate surface area is 155 Å². The van der Waals surface area contributed by atoms with E-state index in [0.29, 0.717) is 33.4 Å². The van der Waals surface area contributed by atoms with E-state index in [1.807, 2.05) is 13.0 Å². The second kappa shape index (κ2) is 7.38. The predicted octanol–water partition coefficient (Wildman–Crippen LogP) is 5.80. The number of ether oxygens (including phenoxy) is 2. The van der Waals surface area contributed by atoms with Gasteiger partial charge in [0.1, 0.15) is 17.9 Å². The minimum absolute atomic E-state index is 0.0297. The molecule has 0 spiro atoms. The molecule has 0 aliphatic carbocycles. The first kappa shape index (κ1) is 17.6. The zero-order chi connectivity index (χ0) is 18.0. The Hall–Kier alpha value is -2.17. The Morgan fingerprint density at radius 1 is 1.16 bits per heavy atom. The summed E-state index contributed by atoms with van der Waals surface area (Å²) >= 11 is 12.2. The average molecular weight is 379 g/mol. The third-order valence-corrected chi connectivity index (χ3v) is 4.52. The van der Waals surface area contributed by atoms with Crippen molar-refractivity contribution in [3.63, 3.8) is 0 Å². The zero-order valence-electron chi connectivity index (χ0n) is 13.8. The lowest BCUT2D eigenvalue weighted by Crippen LogP contribution is -2.06. The summed E-state index contributed by atoms with van der Waals surface area (Å²) in [6.07, 6.45) is 0. The van der Waals surface area contributed by atoms with Crippen LogP contribution in [0.15, 0.2) is 40.8 Å². The first-order valence-electron chi connectivity index (χ1n) is 7.77. The van der Waals surface area contributed by atoms with Crippen LogP contribution in [0.5, 0.6) is 5.75 Å². The third-order valence-electron chi connectivity index (χ3n) is 3.81. The summed E-state index contributed by atoms with van der Waals surface area (Å²) in [6.45, 7) is 4.25. The van der Waals surface area contributed by atoms with Crippen molar-refractivity contribution in [2.24, 2.45) is 0 Å². The average Bonchev–Trinajstić information content (AvgIpc) is 2.91. The highest BCUT2D eigenvalue weighted by Gasteiger charge is 2.20. The van der Waals surface area contributed by atoms with Gasteiger partial charge in [-0.2, -0.15) is 0 Å². The largest absolute Gasteiger partial charge is 0.494 e. The fraction of sp³-hybridized carbons (Fsp3) is 0.211. The van der Waals surface area contributed by atoms with E-state index >= 15 is 0 Å². The molecule has 0 radical (unpaired) electrons. The summed E-state index contributed by atoms with van der Waals surface area (Å²) in [7, 11) is 0. The number of carbonyl (C=O) groups is 1. The smallest absolute Gasteiger partial charge is 0.374 e. The lowest BCUT2D eigenvalue weighted by atomic mass is 10.1. The molecule has 25 heavy (non-hydrogen) atoms. The van der Waals surface area contributed by atoms with Crippen LogP contribution in [-0.2, 0) is 11.3 Å². The second-order valence-corrected chi connectivity index (χ2v) is 6.24. The fourth-order valence-electron chi connectivity index (χ4n) is 2.52. The lowest BCUT2D eigenvalue weighted by Gasteiger charge is -2.07. The molecular weight excluding hydrogens is 363 g/mol. The molecule has 0 unspecified atom stereocenters. The number of aryl methyl sites for hydroxylation is 1. The standard InChI is InChI=1S/C19H16Cl2O4/c1-3-23-12-7-8-17-13(9-12)11(2)18(25-17)19(22)24-10-14-15(20)5-4-6-16(14)21/h4-9H,3,10H2,1-2H3. The molecule has 1 aromatic heterocycles. The van der Waals surface area contributed by atoms with E-state index in [1.165, 1.54) is 0 Å². The van der Waals surface area contributed by atoms with Crippen molar-refractivity contribution in [2.75, 3.05) is 6.61 Å². The molecule has 0 fully saturated rings. The zero-order valence-corrected chi connectivity index (χ0v) is 15.3. The van der Waals surface area contributed by atoms with Gasteiger partial charge < -0.3 is 13.9 Å². The maximum Gasteiger partial charge on any atom is 0.374 e. The van der Waals surface area contributed by atoms with Crippen molar-refractivity contribution in [1.82, 2.24) is 0 Å². The van der Waals surface area contributed by atoms with Gasteiger partial charge in [0.25, 0.3) is 0 Å². The molecule has 3 rings (SSSR count). The number of hydrogen-bond acceptors (Lipinski definition) is 4. The summed E-state index contributed by atoms with van der Waals surface area (Å²) < 4.78 is 16.5. The number of furan rings is 1. The molecule has 0 aliphatic rings. The minimum Gasteiger partial charge on any atom is -0.494 e. The highest BCUT2D eigenvalue weighted by molar-refractivity contribution is 6.35. The van der Waals surface area contributed by atoms with Gasteiger partial charge in [-0.05, 0) is 44.2 Å². The number of carbonyl (C=O) groups excluding carboxylic acids is 1. The number of hydrogen-bond donors (Lipinski definition) is 0. The summed E-state index contributed by atoms with van der Waals surface area (Å²) in [5, 5.41) is 1.71. The van der Waals surface area contributed by atoms with Crippen molar-refractivity contribution >= 4 is 40.1 Å². The molecule has 0 atom stereocenters. The SMILES string of the molecule is CCOc1ccc2oc(C(=O)OCc3c(Cl)cccc3Cl)c(C)c2c1. The molecule has 2 aromatic carbocycles. The van der Waals surface area contributed by atoms with Crippen LogP contribution in [0.4, 0.5) is 0 Å². The van der Waals surface area contributed by atoms with Crippen molar-refractivity contribution < 1.29 is 18.7 Å². The number of benzene rings is 2. The van der Waals surface area contributed by atoms with Gasteiger partial charge in [-0.1, -0.05) is 29.3 Å². The van der Waals surface area contributed by atoms with E-state index in [2.05, 4.69) is 0 Å². The molecule has 0 saturated heterocycles. The molecule has 130 valence electrons. The molecule has 0 saturated carbocycles. The highest BCUT2D eigenvalue weighted by atomic mass is 35.5. The van der Waals surface area contributed by atoms with Gasteiger partial charge in [0.15, 0.2) is 0 Å². The normalized spacial score (nSPS) is 10.9. The molecule has 3 aromatic rings. The maximum absolute atomic E-state index is 12.4. The van der Waals surface area contributed by atoms with Crippen LogP contribution < -0.4 is 4.74 Å². The van der Waals surface area contributed by atoms with Crippen molar-refractivity contribution in [3.8, 4) is 5.75 Å². The van der Waals surface area contributed by atoms with Crippen molar-refractivity contribution in [3.05, 3.63) is 63.3 Å². The number of halogens is 2. The summed E-state index contributed by atoms with van der Waals surface area (Å²) in [5.74, 6) is 0.316. The van der Waals surface area contributed by atoms with Gasteiger partial charge >= 0.3 is 5.97 Å². The van der Waals surface area contributed by atoms with Crippen LogP contribution >= 0.6 is 23.2 Å². The number of esters is 1. The van der Waals surface area contributed by atoms with E-state index in [4.69, 9.17) is 37.1 Å². The van der Waals surface area contributed by atoms with Gasteiger partial charge in [0, 0.05) is 26.6 Å². The van der Waals surface area contributed by atoms with Gasteiger partial charge in [0.2, 0.25) is 5.76 Å². The molecule has 0 bridgehead atoms. The molecular formula is C19H16Cl2O4. The Balaban J connectivity index is 1.83. The van der Waals surface area contributed by atoms with Crippen LogP contribution in [-0.4, -0.2) is 12.6 Å². The molecule has 0 aliphatic heterocycles. The van der Waals surface area contributed by atoms with Crippen LogP contribution in [0.2, 0.25) is 10.0 Å². The molecule has 6 heteroatoms. The third kappa shape index (κ3) is 3.60. The van der Waals surface area contributed by atoms with Crippen molar-refractivity contribution in [1.29, 1.82) is 0 Å². The fourth-order valence-corrected chi connectivity index (χ4v) is 3.03. The minimum atomic E-state index is -0.567. The van der Waals surface area contributed by atoms with Crippen LogP contribution in [0.25, 0.3) is 11.0 Å². The quantitative estimate of drug-likeness (QED) is 0.526. The van der Waals surface area contributed by atoms with Gasteiger partial charge in [0.05, 0.1) is 6.61 Å². The van der Waals surface area contributed by atoms with Crippen LogP contribution in [0.1, 0.15) is 28.6 Å². The second-order valence-electron chi connectivity index (χ2n) is 5.42. The van der Waals surface area contributed by atoms with E-state index in [-0.39, 0.29) is 12.4 Å². The summed E-state index contributed by atoms with van der Waals surface area (Å²) in [5.41, 5.74) is 1.86. The first-order valence-corrected chi connectivity index (χ1v) is 8.52. The Morgan fingerprint density at radius 2 is 1.88 bits per heavy atom. The lowest BCUT2D eigenvalue weighted by molar-refractivity contribution is 0.0438. The Kier molecular flexibility index (Phi) is 5.21. The predicted molar refractivity (Wildman–Crippen MR) is 97.7 cm³/mol. The molecule has 4 nitrogen and oxygen atoms in total. The number of fused-ring (bicyclic) bond motifs is 1. The molecule has 0 N–H and O–H groups in total. The molecule has 0 amide bonds. The van der Waals surface area contributed by atoms with E-state index in [1.54, 1.807) is 37.3 Å². The monoisotopic (exact) mass is 378 g/mol. The summed E-state index contributed by atoms with van der Waals surface area (Å²) in [4.78, 5) is 12.4. The Morgan fingerprint density at radius 3 is 2.56 bits per heavy atom. The van der Waals surface area contributed by atoms with E-state index in [9.17, 15) is 4.79 Å². The van der Waals surface area contributed by atoms with Gasteiger partial charge in [-0.25, -0.2) is 4.79 Å². The summed E-state index contributed by atoms with van der Waals surface area (Å²) in [6, 6.07) is 10.5. The van der Waals surface area contributed by atoms with Gasteiger partial charge in [-0.15, -0.1) is 0 Å². The van der Waals surface area contributed by atoms with Crippen molar-refractivity contribution in [2.45, 2.75) is 20.5 Å². The van der Waals surface area contributed by atoms with Gasteiger partial charge in [-0.3, -0.25) is 0 Å². The molecule has 1 heterocycles. The maximum atomic E-state index is 12.4. The highest BCUT2D eigenvalue weighted by Crippen LogP contribution is 2.30. The van der Waals surface area contributed by atoms with E-state index in [0.717, 1.165) is 11.1 Å². The first-order chi connectivity index (χ1) is 12.0. The topological polar surface area (TPSA) is 48.7 Å². The Bertz CT molecular complexity index is 910. The van der Waals surface area contributed by atoms with Crippen LogP contribution in [0.3, 0.4) is 0 Å².